The Bertz CT molecular complexity index is 1410. The van der Waals surface area contributed by atoms with E-state index in [1.807, 2.05) is 36.4 Å². The molecule has 0 N–H and O–H groups in total. The van der Waals surface area contributed by atoms with Crippen molar-refractivity contribution in [2.75, 3.05) is 11.4 Å². The number of carbonyl (C=O) groups excluding carboxylic acids is 1. The first-order chi connectivity index (χ1) is 14.6. The normalized spacial score (nSPS) is 15.3. The summed E-state index contributed by atoms with van der Waals surface area (Å²) in [4.78, 5) is 33.1. The number of aromatic nitrogens is 3. The standard InChI is InChI=1S/C22H17ClN4O2S/c1-2-3-11-26-16-10-5-4-9-15(16)17(20(26)28)18-21(29)27-22(30-18)24-19(25-27)13-7-6-8-14(23)12-13/h4-10,12H,2-3,11H2,1H3. The van der Waals surface area contributed by atoms with Crippen LogP contribution in [-0.4, -0.2) is 27.0 Å². The molecule has 0 saturated heterocycles. The first-order valence-electron chi connectivity index (χ1n) is 9.69. The molecule has 0 spiro atoms. The highest BCUT2D eigenvalue weighted by molar-refractivity contribution is 7.15. The molecule has 150 valence electrons. The van der Waals surface area contributed by atoms with Gasteiger partial charge in [-0.2, -0.15) is 9.50 Å². The number of anilines is 1. The minimum absolute atomic E-state index is 0.138. The molecule has 1 aliphatic heterocycles. The third-order valence-corrected chi connectivity index (χ3v) is 6.39. The zero-order valence-corrected chi connectivity index (χ0v) is 17.7. The molecule has 0 bridgehead atoms. The molecule has 0 atom stereocenters. The molecule has 4 aromatic rings. The topological polar surface area (TPSA) is 67.6 Å². The number of amides is 1. The molecule has 2 aromatic carbocycles. The summed E-state index contributed by atoms with van der Waals surface area (Å²) in [5.41, 5.74) is 2.49. The van der Waals surface area contributed by atoms with Gasteiger partial charge in [-0.15, -0.1) is 5.10 Å². The molecule has 8 heteroatoms. The maximum atomic E-state index is 13.2. The van der Waals surface area contributed by atoms with Crippen LogP contribution in [-0.2, 0) is 4.79 Å². The van der Waals surface area contributed by atoms with Crippen molar-refractivity contribution < 1.29 is 4.79 Å². The Hall–Kier alpha value is -3.03. The molecule has 0 fully saturated rings. The number of unbranched alkanes of at least 4 members (excludes halogenated alkanes) is 1. The van der Waals surface area contributed by atoms with Crippen molar-refractivity contribution in [2.45, 2.75) is 19.8 Å². The molecular weight excluding hydrogens is 420 g/mol. The highest BCUT2D eigenvalue weighted by Crippen LogP contribution is 2.35. The number of hydrogen-bond donors (Lipinski definition) is 0. The Balaban J connectivity index is 1.69. The minimum atomic E-state index is -0.328. The predicted molar refractivity (Wildman–Crippen MR) is 119 cm³/mol. The fourth-order valence-electron chi connectivity index (χ4n) is 3.67. The number of carbonyl (C=O) groups is 1. The quantitative estimate of drug-likeness (QED) is 0.490. The lowest BCUT2D eigenvalue weighted by Gasteiger charge is -2.16. The van der Waals surface area contributed by atoms with Crippen LogP contribution in [0.15, 0.2) is 53.3 Å². The van der Waals surface area contributed by atoms with Gasteiger partial charge in [-0.05, 0) is 24.6 Å². The van der Waals surface area contributed by atoms with E-state index in [4.69, 9.17) is 11.6 Å². The summed E-state index contributed by atoms with van der Waals surface area (Å²) in [6.07, 6.45) is 1.88. The molecule has 0 saturated carbocycles. The van der Waals surface area contributed by atoms with E-state index in [2.05, 4.69) is 17.0 Å². The SMILES string of the molecule is CCCCN1C(=O)C(=c2sc3nc(-c4cccc(Cl)c4)nn3c2=O)c2ccccc21. The van der Waals surface area contributed by atoms with E-state index in [9.17, 15) is 9.59 Å². The Kier molecular flexibility index (Phi) is 4.64. The minimum Gasteiger partial charge on any atom is -0.308 e. The summed E-state index contributed by atoms with van der Waals surface area (Å²) >= 11 is 7.25. The van der Waals surface area contributed by atoms with Crippen molar-refractivity contribution in [2.24, 2.45) is 0 Å². The first kappa shape index (κ1) is 19.0. The summed E-state index contributed by atoms with van der Waals surface area (Å²) < 4.78 is 1.65. The average molecular weight is 437 g/mol. The molecule has 30 heavy (non-hydrogen) atoms. The van der Waals surface area contributed by atoms with Gasteiger partial charge in [0.05, 0.1) is 11.3 Å². The van der Waals surface area contributed by atoms with Gasteiger partial charge in [0.1, 0.15) is 4.53 Å². The van der Waals surface area contributed by atoms with Crippen molar-refractivity contribution in [1.29, 1.82) is 0 Å². The van der Waals surface area contributed by atoms with E-state index >= 15 is 0 Å². The second kappa shape index (κ2) is 7.34. The summed E-state index contributed by atoms with van der Waals surface area (Å²) in [6, 6.07) is 14.8. The summed E-state index contributed by atoms with van der Waals surface area (Å²) in [7, 11) is 0. The Morgan fingerprint density at radius 3 is 2.70 bits per heavy atom. The second-order valence-corrected chi connectivity index (χ2v) is 8.49. The van der Waals surface area contributed by atoms with Crippen LogP contribution in [0.25, 0.3) is 21.9 Å². The number of halogens is 1. The van der Waals surface area contributed by atoms with Gasteiger partial charge in [0.25, 0.3) is 11.5 Å². The van der Waals surface area contributed by atoms with Crippen LogP contribution in [0.5, 0.6) is 0 Å². The number of fused-ring (bicyclic) bond motifs is 2. The Morgan fingerprint density at radius 1 is 1.10 bits per heavy atom. The number of benzene rings is 2. The van der Waals surface area contributed by atoms with Crippen LogP contribution in [0.3, 0.4) is 0 Å². The van der Waals surface area contributed by atoms with E-state index in [1.54, 1.807) is 17.0 Å². The molecule has 1 aliphatic rings. The Labute approximate surface area is 181 Å². The molecule has 2 aromatic heterocycles. The summed E-state index contributed by atoms with van der Waals surface area (Å²) in [5.74, 6) is 0.293. The lowest BCUT2D eigenvalue weighted by Crippen LogP contribution is -2.33. The molecule has 1 amide bonds. The molecule has 0 unspecified atom stereocenters. The van der Waals surface area contributed by atoms with Crippen LogP contribution in [0, 0.1) is 0 Å². The largest absolute Gasteiger partial charge is 0.308 e. The van der Waals surface area contributed by atoms with Gasteiger partial charge in [-0.3, -0.25) is 9.59 Å². The zero-order chi connectivity index (χ0) is 20.8. The zero-order valence-electron chi connectivity index (χ0n) is 16.1. The number of thiazole rings is 1. The van der Waals surface area contributed by atoms with Gasteiger partial charge < -0.3 is 4.90 Å². The molecule has 0 radical (unpaired) electrons. The maximum absolute atomic E-state index is 13.2. The highest BCUT2D eigenvalue weighted by Gasteiger charge is 2.33. The van der Waals surface area contributed by atoms with Crippen molar-refractivity contribution in [3.63, 3.8) is 0 Å². The van der Waals surface area contributed by atoms with Gasteiger partial charge in [0.15, 0.2) is 5.82 Å². The van der Waals surface area contributed by atoms with E-state index in [-0.39, 0.29) is 11.5 Å². The van der Waals surface area contributed by atoms with Gasteiger partial charge in [-0.1, -0.05) is 66.6 Å². The van der Waals surface area contributed by atoms with Crippen molar-refractivity contribution in [1.82, 2.24) is 14.6 Å². The van der Waals surface area contributed by atoms with Gasteiger partial charge >= 0.3 is 0 Å². The van der Waals surface area contributed by atoms with E-state index in [0.717, 1.165) is 29.7 Å². The van der Waals surface area contributed by atoms with E-state index in [1.165, 1.54) is 15.9 Å². The van der Waals surface area contributed by atoms with Gasteiger partial charge in [0.2, 0.25) is 4.96 Å². The predicted octanol–water partition coefficient (Wildman–Crippen LogP) is 3.54. The van der Waals surface area contributed by atoms with Crippen molar-refractivity contribution >= 4 is 45.1 Å². The first-order valence-corrected chi connectivity index (χ1v) is 10.9. The van der Waals surface area contributed by atoms with Crippen LogP contribution in [0.1, 0.15) is 25.3 Å². The third kappa shape index (κ3) is 2.93. The van der Waals surface area contributed by atoms with Crippen LogP contribution >= 0.6 is 22.9 Å². The van der Waals surface area contributed by atoms with Crippen molar-refractivity contribution in [3.05, 3.63) is 74.0 Å². The fourth-order valence-corrected chi connectivity index (χ4v) is 4.86. The summed E-state index contributed by atoms with van der Waals surface area (Å²) in [5, 5.41) is 4.95. The third-order valence-electron chi connectivity index (χ3n) is 5.13. The molecule has 5 rings (SSSR count). The number of nitrogens with zero attached hydrogens (tertiary/aromatic N) is 4. The monoisotopic (exact) mass is 436 g/mol. The average Bonchev–Trinajstić information content (AvgIpc) is 3.37. The van der Waals surface area contributed by atoms with Crippen molar-refractivity contribution in [3.8, 4) is 11.4 Å². The lowest BCUT2D eigenvalue weighted by atomic mass is 10.1. The molecule has 3 heterocycles. The highest BCUT2D eigenvalue weighted by atomic mass is 35.5. The van der Waals surface area contributed by atoms with Crippen LogP contribution in [0.2, 0.25) is 5.02 Å². The maximum Gasteiger partial charge on any atom is 0.291 e. The summed E-state index contributed by atoms with van der Waals surface area (Å²) in [6.45, 7) is 2.72. The molecule has 0 aliphatic carbocycles. The molecule has 6 nitrogen and oxygen atoms in total. The van der Waals surface area contributed by atoms with E-state index < -0.39 is 0 Å². The smallest absolute Gasteiger partial charge is 0.291 e. The number of rotatable bonds is 4. The molecular formula is C22H17ClN4O2S. The van der Waals surface area contributed by atoms with E-state index in [0.29, 0.717) is 32.5 Å². The van der Waals surface area contributed by atoms with Crippen LogP contribution in [0.4, 0.5) is 5.69 Å². The fraction of sp³-hybridized carbons (Fsp3) is 0.182. The second-order valence-electron chi connectivity index (χ2n) is 7.08. The Morgan fingerprint density at radius 2 is 1.93 bits per heavy atom. The number of para-hydroxylation sites is 1. The van der Waals surface area contributed by atoms with Gasteiger partial charge in [-0.25, -0.2) is 0 Å². The number of hydrogen-bond acceptors (Lipinski definition) is 5. The van der Waals surface area contributed by atoms with Crippen LogP contribution < -0.4 is 15.0 Å². The lowest BCUT2D eigenvalue weighted by molar-refractivity contribution is -0.113. The van der Waals surface area contributed by atoms with Gasteiger partial charge in [0, 0.05) is 22.7 Å².